The van der Waals surface area contributed by atoms with Gasteiger partial charge in [-0.05, 0) is 33.3 Å². The smallest absolute Gasteiger partial charge is 0.289 e. The molecule has 1 heterocycles. The van der Waals surface area contributed by atoms with Crippen molar-refractivity contribution in [3.63, 3.8) is 0 Å². The minimum atomic E-state index is -0.503. The maximum Gasteiger partial charge on any atom is 0.289 e. The van der Waals surface area contributed by atoms with Crippen molar-refractivity contribution >= 4 is 46.4 Å². The molecule has 0 saturated carbocycles. The normalized spacial score (nSPS) is 11.6. The minimum Gasteiger partial charge on any atom is -0.490 e. The highest BCUT2D eigenvalue weighted by atomic mass is 35.5. The van der Waals surface area contributed by atoms with Gasteiger partial charge in [0.15, 0.2) is 16.5 Å². The summed E-state index contributed by atoms with van der Waals surface area (Å²) in [5.74, 6) is 0.497. The zero-order valence-corrected chi connectivity index (χ0v) is 19.1. The third-order valence-corrected chi connectivity index (χ3v) is 5.36. The van der Waals surface area contributed by atoms with Gasteiger partial charge >= 0.3 is 0 Å². The second-order valence-electron chi connectivity index (χ2n) is 7.18. The molecule has 0 aliphatic rings. The number of benzene rings is 1. The molecule has 0 aliphatic heterocycles. The van der Waals surface area contributed by atoms with Crippen LogP contribution < -0.4 is 15.0 Å². The van der Waals surface area contributed by atoms with Crippen LogP contribution in [-0.2, 0) is 12.1 Å². The molecule has 1 aromatic heterocycles. The predicted molar refractivity (Wildman–Crippen MR) is 115 cm³/mol. The van der Waals surface area contributed by atoms with Crippen molar-refractivity contribution in [1.82, 2.24) is 9.78 Å². The van der Waals surface area contributed by atoms with Crippen LogP contribution in [0.1, 0.15) is 46.1 Å². The Balaban J connectivity index is 2.24. The fraction of sp³-hybridized carbons (Fsp3) is 0.474. The lowest BCUT2D eigenvalue weighted by Crippen LogP contribution is -2.36. The second kappa shape index (κ2) is 9.57. The van der Waals surface area contributed by atoms with E-state index in [9.17, 15) is 4.79 Å². The number of unbranched alkanes of at least 4 members (excludes halogenated alkanes) is 1. The summed E-state index contributed by atoms with van der Waals surface area (Å²) in [5.41, 5.74) is -0.402. The summed E-state index contributed by atoms with van der Waals surface area (Å²) in [6, 6.07) is 1.62. The van der Waals surface area contributed by atoms with Crippen molar-refractivity contribution in [3.8, 4) is 11.5 Å². The fourth-order valence-corrected chi connectivity index (χ4v) is 3.32. The molecule has 0 fully saturated rings. The molecular weight excluding hydrogens is 446 g/mol. The topological polar surface area (TPSA) is 53.4 Å². The van der Waals surface area contributed by atoms with Crippen molar-refractivity contribution in [2.45, 2.75) is 52.7 Å². The Bertz CT molecular complexity index is 908. The van der Waals surface area contributed by atoms with Crippen LogP contribution in [0.3, 0.4) is 0 Å². The first-order chi connectivity index (χ1) is 13.1. The largest absolute Gasteiger partial charge is 0.490 e. The van der Waals surface area contributed by atoms with Crippen molar-refractivity contribution in [2.75, 3.05) is 6.61 Å². The highest BCUT2D eigenvalue weighted by Gasteiger charge is 2.21. The predicted octanol–water partition coefficient (Wildman–Crippen LogP) is 6.37. The Kier molecular flexibility index (Phi) is 7.91. The number of hydrogen-bond donors (Lipinski definition) is 0. The van der Waals surface area contributed by atoms with E-state index in [1.165, 1.54) is 10.9 Å². The Morgan fingerprint density at radius 3 is 2.36 bits per heavy atom. The van der Waals surface area contributed by atoms with E-state index < -0.39 is 11.1 Å². The molecule has 0 amide bonds. The van der Waals surface area contributed by atoms with E-state index in [-0.39, 0.29) is 27.4 Å². The van der Waals surface area contributed by atoms with Gasteiger partial charge in [0, 0.05) is 5.56 Å². The van der Waals surface area contributed by atoms with Crippen molar-refractivity contribution in [2.24, 2.45) is 0 Å². The number of aromatic nitrogens is 2. The molecule has 0 N–H and O–H groups in total. The van der Waals surface area contributed by atoms with Crippen molar-refractivity contribution in [3.05, 3.63) is 48.3 Å². The number of hydrogen-bond acceptors (Lipinski definition) is 4. The molecule has 0 aliphatic carbocycles. The molecule has 154 valence electrons. The minimum absolute atomic E-state index is 0.00782. The lowest BCUT2D eigenvalue weighted by Gasteiger charge is -2.21. The van der Waals surface area contributed by atoms with Crippen LogP contribution in [0.25, 0.3) is 0 Å². The average Bonchev–Trinajstić information content (AvgIpc) is 2.62. The van der Waals surface area contributed by atoms with Crippen LogP contribution in [0.2, 0.25) is 20.1 Å². The van der Waals surface area contributed by atoms with E-state index in [0.29, 0.717) is 22.9 Å². The Labute approximate surface area is 184 Å². The van der Waals surface area contributed by atoms with E-state index in [2.05, 4.69) is 12.0 Å². The van der Waals surface area contributed by atoms with Crippen LogP contribution >= 0.6 is 46.4 Å². The molecule has 0 unspecified atom stereocenters. The van der Waals surface area contributed by atoms with Gasteiger partial charge in [0.25, 0.3) is 5.56 Å². The van der Waals surface area contributed by atoms with Gasteiger partial charge in [0.05, 0.1) is 28.4 Å². The standard InChI is InChI=1S/C19H22Cl4N2O3/c1-5-6-7-27-17-12(20)8-11(14(21)16(17)23)10-28-13-9-24-25(19(2,3)4)18(26)15(13)22/h8-9H,5-7,10H2,1-4H3. The van der Waals surface area contributed by atoms with Gasteiger partial charge < -0.3 is 9.47 Å². The summed E-state index contributed by atoms with van der Waals surface area (Å²) in [7, 11) is 0. The third-order valence-electron chi connectivity index (χ3n) is 3.84. The number of halogens is 4. The number of nitrogens with zero attached hydrogens (tertiary/aromatic N) is 2. The van der Waals surface area contributed by atoms with Gasteiger partial charge in [-0.2, -0.15) is 5.10 Å². The quantitative estimate of drug-likeness (QED) is 0.350. The van der Waals surface area contributed by atoms with Gasteiger partial charge in [0.2, 0.25) is 0 Å². The van der Waals surface area contributed by atoms with Crippen molar-refractivity contribution < 1.29 is 9.47 Å². The van der Waals surface area contributed by atoms with E-state index in [1.54, 1.807) is 6.07 Å². The van der Waals surface area contributed by atoms with Gasteiger partial charge in [-0.15, -0.1) is 0 Å². The first kappa shape index (κ1) is 23.1. The third kappa shape index (κ3) is 5.26. The van der Waals surface area contributed by atoms with Crippen LogP contribution in [0.4, 0.5) is 0 Å². The number of rotatable bonds is 7. The fourth-order valence-electron chi connectivity index (χ4n) is 2.33. The number of ether oxygens (including phenoxy) is 2. The molecule has 2 rings (SSSR count). The first-order valence-corrected chi connectivity index (χ1v) is 10.3. The molecule has 0 radical (unpaired) electrons. The van der Waals surface area contributed by atoms with Crippen LogP contribution in [0.5, 0.6) is 11.5 Å². The molecule has 0 bridgehead atoms. The maximum absolute atomic E-state index is 12.4. The molecule has 1 aromatic carbocycles. The summed E-state index contributed by atoms with van der Waals surface area (Å²) in [4.78, 5) is 12.4. The monoisotopic (exact) mass is 466 g/mol. The highest BCUT2D eigenvalue weighted by molar-refractivity contribution is 6.45. The van der Waals surface area contributed by atoms with Crippen LogP contribution in [-0.4, -0.2) is 16.4 Å². The zero-order chi connectivity index (χ0) is 21.1. The van der Waals surface area contributed by atoms with E-state index in [1.807, 2.05) is 20.8 Å². The second-order valence-corrected chi connectivity index (χ2v) is 8.72. The SMILES string of the molecule is CCCCOc1c(Cl)cc(COc2cnn(C(C)(C)C)c(=O)c2Cl)c(Cl)c1Cl. The molecule has 0 saturated heterocycles. The summed E-state index contributed by atoms with van der Waals surface area (Å²) in [5, 5.41) is 4.89. The molecule has 28 heavy (non-hydrogen) atoms. The highest BCUT2D eigenvalue weighted by Crippen LogP contribution is 2.41. The Morgan fingerprint density at radius 1 is 1.07 bits per heavy atom. The Hall–Kier alpha value is -1.14. The van der Waals surface area contributed by atoms with Crippen molar-refractivity contribution in [1.29, 1.82) is 0 Å². The van der Waals surface area contributed by atoms with Crippen LogP contribution in [0.15, 0.2) is 17.1 Å². The van der Waals surface area contributed by atoms with Gasteiger partial charge in [-0.1, -0.05) is 59.7 Å². The zero-order valence-electron chi connectivity index (χ0n) is 16.1. The van der Waals surface area contributed by atoms with Crippen LogP contribution in [0, 0.1) is 0 Å². The molecule has 0 spiro atoms. The maximum atomic E-state index is 12.4. The van der Waals surface area contributed by atoms with E-state index in [4.69, 9.17) is 55.9 Å². The lowest BCUT2D eigenvalue weighted by molar-refractivity contribution is 0.291. The summed E-state index contributed by atoms with van der Waals surface area (Å²) >= 11 is 25.1. The van der Waals surface area contributed by atoms with E-state index >= 15 is 0 Å². The molecule has 2 aromatic rings. The molecule has 0 atom stereocenters. The average molecular weight is 468 g/mol. The molecule has 9 heteroatoms. The Morgan fingerprint density at radius 2 is 1.75 bits per heavy atom. The van der Waals surface area contributed by atoms with Gasteiger partial charge in [0.1, 0.15) is 11.6 Å². The first-order valence-electron chi connectivity index (χ1n) is 8.78. The summed E-state index contributed by atoms with van der Waals surface area (Å²) in [6.45, 7) is 8.12. The molecular formula is C19H22Cl4N2O3. The molecule has 5 nitrogen and oxygen atoms in total. The lowest BCUT2D eigenvalue weighted by atomic mass is 10.1. The van der Waals surface area contributed by atoms with Gasteiger partial charge in [-0.25, -0.2) is 4.68 Å². The summed E-state index contributed by atoms with van der Waals surface area (Å²) < 4.78 is 12.6. The van der Waals surface area contributed by atoms with Gasteiger partial charge in [-0.3, -0.25) is 4.79 Å². The van der Waals surface area contributed by atoms with E-state index in [0.717, 1.165) is 12.8 Å². The summed E-state index contributed by atoms with van der Waals surface area (Å²) in [6.07, 6.45) is 3.26.